The quantitative estimate of drug-likeness (QED) is 0.223. The van der Waals surface area contributed by atoms with E-state index in [0.717, 1.165) is 12.8 Å². The Morgan fingerprint density at radius 3 is 1.61 bits per heavy atom. The molecule has 0 aliphatic carbocycles. The van der Waals surface area contributed by atoms with E-state index in [-0.39, 0.29) is 13.2 Å². The maximum Gasteiger partial charge on any atom is 0.189 e. The van der Waals surface area contributed by atoms with E-state index in [2.05, 4.69) is 0 Å². The van der Waals surface area contributed by atoms with Gasteiger partial charge in [0.15, 0.2) is 5.78 Å². The first-order valence-electron chi connectivity index (χ1n) is 5.46. The van der Waals surface area contributed by atoms with Gasteiger partial charge in [-0.1, -0.05) is 0 Å². The second-order valence-corrected chi connectivity index (χ2v) is 3.46. The summed E-state index contributed by atoms with van der Waals surface area (Å²) in [5.74, 6) is -1.00. The van der Waals surface area contributed by atoms with Crippen LogP contribution < -0.4 is 0 Å². The number of carbonyl (C=O) groups excluding carboxylic acids is 1. The van der Waals surface area contributed by atoms with Crippen LogP contribution in [0.15, 0.2) is 0 Å². The average molecular weight is 270 g/mol. The molecule has 0 saturated heterocycles. The predicted molar refractivity (Wildman–Crippen MR) is 60.6 cm³/mol. The molecule has 0 bridgehead atoms. The molecule has 0 amide bonds. The Bertz CT molecular complexity index is 194. The van der Waals surface area contributed by atoms with Gasteiger partial charge in [-0.3, -0.25) is 4.79 Å². The largest absolute Gasteiger partial charge is 0.396 e. The molecule has 18 heavy (non-hydrogen) atoms. The molecule has 0 aliphatic heterocycles. The minimum absolute atomic E-state index is 0.195. The standard InChI is InChI=1S/C6H12O6.C4H10O2/c7-1-3(9)5(11)6(12)4(10)2-8;5-3-1-2-4-6/h3,5-9,11-12H,1-2H2;5-6H,1-4H2/t3-,5+,6+;/m1./s1. The van der Waals surface area contributed by atoms with Gasteiger partial charge in [-0.2, -0.15) is 0 Å². The minimum Gasteiger partial charge on any atom is -0.396 e. The van der Waals surface area contributed by atoms with Gasteiger partial charge in [-0.15, -0.1) is 0 Å². The van der Waals surface area contributed by atoms with E-state index in [1.54, 1.807) is 0 Å². The van der Waals surface area contributed by atoms with Crippen molar-refractivity contribution in [2.75, 3.05) is 26.4 Å². The van der Waals surface area contributed by atoms with Crippen molar-refractivity contribution in [1.29, 1.82) is 0 Å². The van der Waals surface area contributed by atoms with E-state index < -0.39 is 37.3 Å². The zero-order valence-corrected chi connectivity index (χ0v) is 10.0. The van der Waals surface area contributed by atoms with Crippen molar-refractivity contribution in [3.63, 3.8) is 0 Å². The van der Waals surface area contributed by atoms with Crippen LogP contribution in [-0.4, -0.2) is 86.3 Å². The number of rotatable bonds is 8. The highest BCUT2D eigenvalue weighted by atomic mass is 16.4. The summed E-state index contributed by atoms with van der Waals surface area (Å²) >= 11 is 0. The van der Waals surface area contributed by atoms with Crippen LogP contribution in [0.1, 0.15) is 12.8 Å². The van der Waals surface area contributed by atoms with Gasteiger partial charge in [0.25, 0.3) is 0 Å². The van der Waals surface area contributed by atoms with Crippen LogP contribution in [0.3, 0.4) is 0 Å². The summed E-state index contributed by atoms with van der Waals surface area (Å²) in [6.07, 6.45) is -3.78. The molecule has 0 saturated carbocycles. The molecule has 110 valence electrons. The summed E-state index contributed by atoms with van der Waals surface area (Å²) in [6, 6.07) is 0. The van der Waals surface area contributed by atoms with Crippen molar-refractivity contribution in [3.05, 3.63) is 0 Å². The first kappa shape index (κ1) is 19.7. The maximum absolute atomic E-state index is 10.5. The van der Waals surface area contributed by atoms with Crippen molar-refractivity contribution in [1.82, 2.24) is 0 Å². The lowest BCUT2D eigenvalue weighted by Crippen LogP contribution is -2.44. The lowest BCUT2D eigenvalue weighted by molar-refractivity contribution is -0.142. The van der Waals surface area contributed by atoms with Crippen LogP contribution in [0.5, 0.6) is 0 Å². The lowest BCUT2D eigenvalue weighted by Gasteiger charge is -2.19. The summed E-state index contributed by atoms with van der Waals surface area (Å²) in [5, 5.41) is 59.2. The Hall–Kier alpha value is -0.610. The van der Waals surface area contributed by atoms with Gasteiger partial charge in [0.2, 0.25) is 0 Å². The third-order valence-corrected chi connectivity index (χ3v) is 1.96. The van der Waals surface area contributed by atoms with Crippen molar-refractivity contribution in [2.45, 2.75) is 31.2 Å². The lowest BCUT2D eigenvalue weighted by atomic mass is 10.1. The molecule has 0 aliphatic rings. The molecule has 0 unspecified atom stereocenters. The van der Waals surface area contributed by atoms with Gasteiger partial charge in [0, 0.05) is 13.2 Å². The Balaban J connectivity index is 0. The van der Waals surface area contributed by atoms with Gasteiger partial charge >= 0.3 is 0 Å². The summed E-state index contributed by atoms with van der Waals surface area (Å²) in [5.41, 5.74) is 0. The molecular weight excluding hydrogens is 248 g/mol. The first-order valence-corrected chi connectivity index (χ1v) is 5.46. The van der Waals surface area contributed by atoms with Gasteiger partial charge in [0.1, 0.15) is 24.9 Å². The van der Waals surface area contributed by atoms with E-state index in [4.69, 9.17) is 35.7 Å². The SMILES string of the molecule is O=C(CO)[C@H](O)[C@@H](O)[C@H](O)CO.OCCCCO. The van der Waals surface area contributed by atoms with Crippen LogP contribution in [0.4, 0.5) is 0 Å². The van der Waals surface area contributed by atoms with Crippen molar-refractivity contribution < 1.29 is 40.5 Å². The fraction of sp³-hybridized carbons (Fsp3) is 0.900. The van der Waals surface area contributed by atoms with Gasteiger partial charge in [-0.25, -0.2) is 0 Å². The molecule has 0 fully saturated rings. The minimum atomic E-state index is -1.86. The normalized spacial score (nSPS) is 15.3. The van der Waals surface area contributed by atoms with Gasteiger partial charge in [0.05, 0.1) is 6.61 Å². The van der Waals surface area contributed by atoms with Gasteiger partial charge in [-0.05, 0) is 12.8 Å². The van der Waals surface area contributed by atoms with Crippen molar-refractivity contribution in [2.24, 2.45) is 0 Å². The van der Waals surface area contributed by atoms with Crippen molar-refractivity contribution >= 4 is 5.78 Å². The monoisotopic (exact) mass is 270 g/mol. The second kappa shape index (κ2) is 12.8. The van der Waals surface area contributed by atoms with E-state index in [9.17, 15) is 4.79 Å². The number of aliphatic hydroxyl groups is 7. The predicted octanol–water partition coefficient (Wildman–Crippen LogP) is -3.63. The molecule has 0 spiro atoms. The first-order chi connectivity index (χ1) is 8.45. The Kier molecular flexibility index (Phi) is 14.1. The Morgan fingerprint density at radius 2 is 1.33 bits per heavy atom. The van der Waals surface area contributed by atoms with E-state index in [0.29, 0.717) is 0 Å². The van der Waals surface area contributed by atoms with E-state index in [1.165, 1.54) is 0 Å². The summed E-state index contributed by atoms with van der Waals surface area (Å²) in [6.45, 7) is -1.30. The van der Waals surface area contributed by atoms with Crippen LogP contribution in [0, 0.1) is 0 Å². The highest BCUT2D eigenvalue weighted by Crippen LogP contribution is 2.00. The second-order valence-electron chi connectivity index (χ2n) is 3.46. The van der Waals surface area contributed by atoms with Crippen LogP contribution in [0.2, 0.25) is 0 Å². The van der Waals surface area contributed by atoms with Crippen LogP contribution >= 0.6 is 0 Å². The molecule has 0 rings (SSSR count). The van der Waals surface area contributed by atoms with E-state index in [1.807, 2.05) is 0 Å². The third-order valence-electron chi connectivity index (χ3n) is 1.96. The van der Waals surface area contributed by atoms with E-state index >= 15 is 0 Å². The zero-order chi connectivity index (χ0) is 14.6. The number of aliphatic hydroxyl groups excluding tert-OH is 7. The third kappa shape index (κ3) is 9.42. The summed E-state index contributed by atoms with van der Waals surface area (Å²) in [7, 11) is 0. The van der Waals surface area contributed by atoms with Gasteiger partial charge < -0.3 is 35.7 Å². The fourth-order valence-corrected chi connectivity index (χ4v) is 0.826. The Morgan fingerprint density at radius 1 is 0.889 bits per heavy atom. The molecule has 3 atom stereocenters. The molecule has 0 radical (unpaired) electrons. The number of unbranched alkanes of at least 4 members (excludes halogenated alkanes) is 1. The van der Waals surface area contributed by atoms with Crippen LogP contribution in [0.25, 0.3) is 0 Å². The molecule has 8 heteroatoms. The smallest absolute Gasteiger partial charge is 0.189 e. The molecule has 8 nitrogen and oxygen atoms in total. The highest BCUT2D eigenvalue weighted by Gasteiger charge is 2.28. The summed E-state index contributed by atoms with van der Waals surface area (Å²) in [4.78, 5) is 10.5. The number of ketones is 1. The maximum atomic E-state index is 10.5. The molecule has 0 aromatic heterocycles. The van der Waals surface area contributed by atoms with Crippen LogP contribution in [-0.2, 0) is 4.79 Å². The molecule has 0 aromatic rings. The molecule has 0 heterocycles. The number of hydrogen-bond acceptors (Lipinski definition) is 8. The Labute approximate surface area is 105 Å². The molecule has 7 N–H and O–H groups in total. The fourth-order valence-electron chi connectivity index (χ4n) is 0.826. The average Bonchev–Trinajstić information content (AvgIpc) is 2.42. The number of hydrogen-bond donors (Lipinski definition) is 7. The zero-order valence-electron chi connectivity index (χ0n) is 10.0. The molecular formula is C10H22O8. The number of carbonyl (C=O) groups is 1. The summed E-state index contributed by atoms with van der Waals surface area (Å²) < 4.78 is 0. The van der Waals surface area contributed by atoms with Crippen molar-refractivity contribution in [3.8, 4) is 0 Å². The highest BCUT2D eigenvalue weighted by molar-refractivity contribution is 5.84. The number of Topliss-reactive ketones (excluding diaryl/α,β-unsaturated/α-hetero) is 1. The topological polar surface area (TPSA) is 159 Å². The molecule has 0 aromatic carbocycles.